The molecule has 1 fully saturated rings. The SMILES string of the molecule is O=C(CN(CCc1ccccc1)S(=O)(=O)c1ccc(Cl)s1)N1CCOCC1. The second-order valence-corrected chi connectivity index (χ2v) is 10.0. The van der Waals surface area contributed by atoms with E-state index in [2.05, 4.69) is 0 Å². The number of ether oxygens (including phenoxy) is 1. The normalized spacial score (nSPS) is 15.3. The van der Waals surface area contributed by atoms with Crippen LogP contribution in [0.5, 0.6) is 0 Å². The average molecular weight is 429 g/mol. The number of nitrogens with zero attached hydrogens (tertiary/aromatic N) is 2. The molecule has 1 aliphatic heterocycles. The first kappa shape index (κ1) is 20.3. The number of rotatable bonds is 7. The number of halogens is 1. The van der Waals surface area contributed by atoms with Crippen LogP contribution in [-0.4, -0.2) is 62.9 Å². The monoisotopic (exact) mass is 428 g/mol. The number of sulfonamides is 1. The quantitative estimate of drug-likeness (QED) is 0.679. The summed E-state index contributed by atoms with van der Waals surface area (Å²) in [4.78, 5) is 14.3. The number of thiophene rings is 1. The summed E-state index contributed by atoms with van der Waals surface area (Å²) >= 11 is 6.92. The molecule has 0 atom stereocenters. The van der Waals surface area contributed by atoms with Crippen LogP contribution < -0.4 is 0 Å². The average Bonchev–Trinajstić information content (AvgIpc) is 3.13. The molecule has 6 nitrogen and oxygen atoms in total. The van der Waals surface area contributed by atoms with Crippen LogP contribution >= 0.6 is 22.9 Å². The third-order valence-corrected chi connectivity index (χ3v) is 7.85. The highest BCUT2D eigenvalue weighted by Crippen LogP contribution is 2.28. The lowest BCUT2D eigenvalue weighted by Crippen LogP contribution is -2.47. The fourth-order valence-corrected chi connectivity index (χ4v) is 5.84. The van der Waals surface area contributed by atoms with Gasteiger partial charge >= 0.3 is 0 Å². The van der Waals surface area contributed by atoms with Crippen LogP contribution in [0.25, 0.3) is 0 Å². The van der Waals surface area contributed by atoms with E-state index in [1.807, 2.05) is 30.3 Å². The number of morpholine rings is 1. The summed E-state index contributed by atoms with van der Waals surface area (Å²) in [5, 5.41) is 0. The van der Waals surface area contributed by atoms with E-state index in [9.17, 15) is 13.2 Å². The number of hydrogen-bond acceptors (Lipinski definition) is 5. The molecule has 2 heterocycles. The lowest BCUT2D eigenvalue weighted by molar-refractivity contribution is -0.135. The van der Waals surface area contributed by atoms with E-state index in [4.69, 9.17) is 16.3 Å². The molecule has 146 valence electrons. The van der Waals surface area contributed by atoms with Gasteiger partial charge in [0.2, 0.25) is 5.91 Å². The molecule has 1 aromatic heterocycles. The van der Waals surface area contributed by atoms with Crippen molar-refractivity contribution in [1.29, 1.82) is 0 Å². The molecule has 1 aliphatic rings. The molecule has 0 radical (unpaired) electrons. The van der Waals surface area contributed by atoms with Crippen molar-refractivity contribution in [3.05, 3.63) is 52.4 Å². The Kier molecular flexibility index (Phi) is 6.88. The fourth-order valence-electron chi connectivity index (χ4n) is 2.81. The maximum Gasteiger partial charge on any atom is 0.253 e. The van der Waals surface area contributed by atoms with Crippen molar-refractivity contribution in [1.82, 2.24) is 9.21 Å². The minimum Gasteiger partial charge on any atom is -0.378 e. The molecular formula is C18H21ClN2O4S2. The topological polar surface area (TPSA) is 66.9 Å². The molecule has 2 aromatic rings. The Balaban J connectivity index is 1.78. The summed E-state index contributed by atoms with van der Waals surface area (Å²) in [5.74, 6) is -0.211. The minimum absolute atomic E-state index is 0.148. The predicted molar refractivity (Wildman–Crippen MR) is 106 cm³/mol. The highest BCUT2D eigenvalue weighted by Gasteiger charge is 2.30. The predicted octanol–water partition coefficient (Wildman–Crippen LogP) is 2.49. The number of benzene rings is 1. The number of hydrogen-bond donors (Lipinski definition) is 0. The summed E-state index contributed by atoms with van der Waals surface area (Å²) in [6, 6.07) is 12.6. The van der Waals surface area contributed by atoms with Gasteiger partial charge in [0.15, 0.2) is 0 Å². The van der Waals surface area contributed by atoms with Crippen molar-refractivity contribution in [2.45, 2.75) is 10.6 Å². The Hall–Kier alpha value is -1.45. The summed E-state index contributed by atoms with van der Waals surface area (Å²) in [5.41, 5.74) is 1.01. The van der Waals surface area contributed by atoms with Crippen LogP contribution in [0.15, 0.2) is 46.7 Å². The highest BCUT2D eigenvalue weighted by atomic mass is 35.5. The molecule has 0 N–H and O–H groups in total. The fraction of sp³-hybridized carbons (Fsp3) is 0.389. The van der Waals surface area contributed by atoms with E-state index < -0.39 is 10.0 Å². The molecule has 1 saturated heterocycles. The van der Waals surface area contributed by atoms with Crippen LogP contribution in [-0.2, 0) is 26.0 Å². The van der Waals surface area contributed by atoms with Gasteiger partial charge in [-0.2, -0.15) is 4.31 Å². The molecule has 27 heavy (non-hydrogen) atoms. The van der Waals surface area contributed by atoms with E-state index in [0.29, 0.717) is 37.1 Å². The smallest absolute Gasteiger partial charge is 0.253 e. The summed E-state index contributed by atoms with van der Waals surface area (Å²) < 4.78 is 33.2. The Morgan fingerprint density at radius 2 is 1.85 bits per heavy atom. The van der Waals surface area contributed by atoms with Gasteiger partial charge < -0.3 is 9.64 Å². The van der Waals surface area contributed by atoms with E-state index in [1.165, 1.54) is 10.4 Å². The van der Waals surface area contributed by atoms with Gasteiger partial charge in [-0.05, 0) is 24.1 Å². The van der Waals surface area contributed by atoms with Gasteiger partial charge in [-0.25, -0.2) is 8.42 Å². The van der Waals surface area contributed by atoms with Gasteiger partial charge in [-0.1, -0.05) is 41.9 Å². The van der Waals surface area contributed by atoms with Crippen molar-refractivity contribution in [2.24, 2.45) is 0 Å². The first-order valence-electron chi connectivity index (χ1n) is 8.62. The van der Waals surface area contributed by atoms with Gasteiger partial charge in [-0.3, -0.25) is 4.79 Å². The van der Waals surface area contributed by atoms with Crippen LogP contribution in [0.4, 0.5) is 0 Å². The summed E-state index contributed by atoms with van der Waals surface area (Å²) in [6.45, 7) is 1.95. The molecule has 9 heteroatoms. The molecule has 0 spiro atoms. The van der Waals surface area contributed by atoms with Crippen molar-refractivity contribution >= 4 is 38.9 Å². The number of carbonyl (C=O) groups excluding carboxylic acids is 1. The van der Waals surface area contributed by atoms with Crippen LogP contribution in [0.3, 0.4) is 0 Å². The Morgan fingerprint density at radius 1 is 1.15 bits per heavy atom. The second-order valence-electron chi connectivity index (χ2n) is 6.13. The largest absolute Gasteiger partial charge is 0.378 e. The molecule has 0 bridgehead atoms. The highest BCUT2D eigenvalue weighted by molar-refractivity contribution is 7.91. The van der Waals surface area contributed by atoms with E-state index in [1.54, 1.807) is 11.0 Å². The second kappa shape index (κ2) is 9.16. The zero-order valence-corrected chi connectivity index (χ0v) is 17.1. The molecule has 1 aromatic carbocycles. The molecular weight excluding hydrogens is 408 g/mol. The Labute approximate surface area is 168 Å². The Bertz CT molecular complexity index is 864. The van der Waals surface area contributed by atoms with Gasteiger partial charge in [0.25, 0.3) is 10.0 Å². The van der Waals surface area contributed by atoms with Crippen molar-refractivity contribution in [3.63, 3.8) is 0 Å². The van der Waals surface area contributed by atoms with Crippen molar-refractivity contribution in [2.75, 3.05) is 39.4 Å². The molecule has 3 rings (SSSR count). The summed E-state index contributed by atoms with van der Waals surface area (Å²) in [7, 11) is -3.80. The van der Waals surface area contributed by atoms with Crippen LogP contribution in [0, 0.1) is 0 Å². The van der Waals surface area contributed by atoms with Gasteiger partial charge in [-0.15, -0.1) is 11.3 Å². The maximum absolute atomic E-state index is 13.1. The number of carbonyl (C=O) groups is 1. The lowest BCUT2D eigenvalue weighted by Gasteiger charge is -2.29. The van der Waals surface area contributed by atoms with E-state index in [0.717, 1.165) is 16.9 Å². The third-order valence-electron chi connectivity index (χ3n) is 4.31. The molecule has 1 amide bonds. The summed E-state index contributed by atoms with van der Waals surface area (Å²) in [6.07, 6.45) is 0.523. The molecule has 0 unspecified atom stereocenters. The van der Waals surface area contributed by atoms with Crippen LogP contribution in [0.2, 0.25) is 4.34 Å². The first-order valence-corrected chi connectivity index (χ1v) is 11.3. The lowest BCUT2D eigenvalue weighted by atomic mass is 10.1. The molecule has 0 aliphatic carbocycles. The number of amides is 1. The zero-order chi connectivity index (χ0) is 19.3. The minimum atomic E-state index is -3.80. The zero-order valence-electron chi connectivity index (χ0n) is 14.7. The van der Waals surface area contributed by atoms with Gasteiger partial charge in [0.05, 0.1) is 24.1 Å². The first-order chi connectivity index (χ1) is 13.0. The Morgan fingerprint density at radius 3 is 2.48 bits per heavy atom. The molecule has 0 saturated carbocycles. The third kappa shape index (κ3) is 5.30. The maximum atomic E-state index is 13.1. The van der Waals surface area contributed by atoms with Crippen molar-refractivity contribution in [3.8, 4) is 0 Å². The van der Waals surface area contributed by atoms with Crippen molar-refractivity contribution < 1.29 is 17.9 Å². The van der Waals surface area contributed by atoms with E-state index in [-0.39, 0.29) is 23.2 Å². The van der Waals surface area contributed by atoms with Gasteiger partial charge in [0, 0.05) is 19.6 Å². The van der Waals surface area contributed by atoms with E-state index >= 15 is 0 Å². The standard InChI is InChI=1S/C18H21ClN2O4S2/c19-16-6-7-18(26-16)27(23,24)21(9-8-15-4-2-1-3-5-15)14-17(22)20-10-12-25-13-11-20/h1-7H,8-14H2. The van der Waals surface area contributed by atoms with Gasteiger partial charge in [0.1, 0.15) is 4.21 Å². The van der Waals surface area contributed by atoms with Crippen LogP contribution in [0.1, 0.15) is 5.56 Å².